The van der Waals surface area contributed by atoms with Crippen LogP contribution in [0.15, 0.2) is 97.2 Å². The van der Waals surface area contributed by atoms with E-state index in [0.29, 0.717) is 19.3 Å². The molecule has 0 fully saturated rings. The zero-order valence-corrected chi connectivity index (χ0v) is 42.9. The van der Waals surface area contributed by atoms with Gasteiger partial charge in [0.1, 0.15) is 13.2 Å². The summed E-state index contributed by atoms with van der Waals surface area (Å²) >= 11 is 0. The summed E-state index contributed by atoms with van der Waals surface area (Å²) in [6.45, 7) is 6.44. The van der Waals surface area contributed by atoms with Crippen LogP contribution in [0, 0.1) is 0 Å². The Hall–Kier alpha value is -3.67. The van der Waals surface area contributed by atoms with E-state index in [4.69, 9.17) is 14.2 Å². The van der Waals surface area contributed by atoms with Gasteiger partial charge in [0, 0.05) is 19.3 Å². The Morgan fingerprint density at radius 3 is 0.970 bits per heavy atom. The van der Waals surface area contributed by atoms with E-state index in [1.807, 2.05) is 0 Å². The Bertz CT molecular complexity index is 1330. The van der Waals surface area contributed by atoms with Gasteiger partial charge >= 0.3 is 17.9 Å². The Balaban J connectivity index is 4.48. The minimum absolute atomic E-state index is 0.0972. The third kappa shape index (κ3) is 51.3. The lowest BCUT2D eigenvalue weighted by molar-refractivity contribution is -0.167. The summed E-state index contributed by atoms with van der Waals surface area (Å²) < 4.78 is 16.8. The third-order valence-corrected chi connectivity index (χ3v) is 11.3. The first-order chi connectivity index (χ1) is 32.5. The van der Waals surface area contributed by atoms with Crippen molar-refractivity contribution in [3.8, 4) is 0 Å². The zero-order chi connectivity index (χ0) is 47.9. The maximum Gasteiger partial charge on any atom is 0.306 e. The standard InChI is InChI=1S/C60H100O6/c1-4-7-10-13-16-19-22-25-27-29-30-32-33-35-38-41-44-47-50-53-59(62)65-56-57(55-64-58(61)52-49-46-43-40-37-24-21-18-15-12-9-6-3)66-60(63)54-51-48-45-42-39-36-34-31-28-26-23-20-17-14-11-8-5-2/h8,11,16-17,19-20,25-28,30,32,34-36,38,57H,4-7,9-10,12-15,18,21-24,29,31,33,37,39-56H2,1-3H3/b11-8-,19-16-,20-17-,27-25-,28-26-,32-30-,36-34-,38-35-/t57-/m0/s1. The quantitative estimate of drug-likeness (QED) is 0.0262. The number of ether oxygens (including phenoxy) is 3. The molecule has 0 aromatic heterocycles. The molecule has 6 nitrogen and oxygen atoms in total. The summed E-state index contributed by atoms with van der Waals surface area (Å²) in [5.74, 6) is -0.953. The fourth-order valence-electron chi connectivity index (χ4n) is 7.24. The van der Waals surface area contributed by atoms with Crippen LogP contribution in [0.25, 0.3) is 0 Å². The summed E-state index contributed by atoms with van der Waals surface area (Å²) in [6.07, 6.45) is 71.0. The summed E-state index contributed by atoms with van der Waals surface area (Å²) in [6, 6.07) is 0. The largest absolute Gasteiger partial charge is 0.462 e. The van der Waals surface area contributed by atoms with Crippen molar-refractivity contribution in [3.05, 3.63) is 97.2 Å². The molecule has 0 saturated heterocycles. The van der Waals surface area contributed by atoms with Gasteiger partial charge in [0.2, 0.25) is 0 Å². The first-order valence-electron chi connectivity index (χ1n) is 27.2. The van der Waals surface area contributed by atoms with Gasteiger partial charge in [-0.15, -0.1) is 0 Å². The van der Waals surface area contributed by atoms with Crippen molar-refractivity contribution in [1.29, 1.82) is 0 Å². The molecule has 6 heteroatoms. The van der Waals surface area contributed by atoms with Gasteiger partial charge in [0.25, 0.3) is 0 Å². The predicted molar refractivity (Wildman–Crippen MR) is 284 cm³/mol. The molecule has 0 N–H and O–H groups in total. The van der Waals surface area contributed by atoms with Crippen molar-refractivity contribution < 1.29 is 28.6 Å². The molecule has 0 amide bonds. The number of esters is 3. The van der Waals surface area contributed by atoms with Gasteiger partial charge < -0.3 is 14.2 Å². The Labute approximate surface area is 407 Å². The van der Waals surface area contributed by atoms with Gasteiger partial charge in [-0.3, -0.25) is 14.4 Å². The van der Waals surface area contributed by atoms with E-state index >= 15 is 0 Å². The molecule has 0 bridgehead atoms. The SMILES string of the molecule is CC/C=C\C/C=C\C/C=C\C/C=C\CCCCCCC(=O)O[C@H](COC(=O)CCCCC/C=C\C/C=C\C/C=C\C/C=C\CCCCC)COC(=O)CCCCCCCCCCCCCC. The van der Waals surface area contributed by atoms with Gasteiger partial charge in [-0.1, -0.05) is 221 Å². The number of rotatable bonds is 48. The molecule has 376 valence electrons. The van der Waals surface area contributed by atoms with E-state index in [9.17, 15) is 14.4 Å². The summed E-state index contributed by atoms with van der Waals surface area (Å²) in [5, 5.41) is 0. The zero-order valence-electron chi connectivity index (χ0n) is 42.9. The van der Waals surface area contributed by atoms with Crippen LogP contribution in [-0.2, 0) is 28.6 Å². The Morgan fingerprint density at radius 1 is 0.318 bits per heavy atom. The third-order valence-electron chi connectivity index (χ3n) is 11.3. The van der Waals surface area contributed by atoms with Gasteiger partial charge in [-0.2, -0.15) is 0 Å². The topological polar surface area (TPSA) is 78.9 Å². The van der Waals surface area contributed by atoms with E-state index < -0.39 is 6.10 Å². The molecular weight excluding hydrogens is 817 g/mol. The maximum atomic E-state index is 12.8. The van der Waals surface area contributed by atoms with Gasteiger partial charge in [0.15, 0.2) is 6.10 Å². The van der Waals surface area contributed by atoms with Crippen molar-refractivity contribution in [1.82, 2.24) is 0 Å². The average Bonchev–Trinajstić information content (AvgIpc) is 3.31. The van der Waals surface area contributed by atoms with Crippen molar-refractivity contribution >= 4 is 17.9 Å². The van der Waals surface area contributed by atoms with E-state index in [0.717, 1.165) is 122 Å². The monoisotopic (exact) mass is 917 g/mol. The van der Waals surface area contributed by atoms with Crippen LogP contribution in [-0.4, -0.2) is 37.2 Å². The Kier molecular flexibility index (Phi) is 50.9. The first kappa shape index (κ1) is 62.3. The van der Waals surface area contributed by atoms with Crippen LogP contribution >= 0.6 is 0 Å². The van der Waals surface area contributed by atoms with Crippen molar-refractivity contribution in [2.75, 3.05) is 13.2 Å². The van der Waals surface area contributed by atoms with Crippen molar-refractivity contribution in [2.45, 2.75) is 252 Å². The number of carbonyl (C=O) groups excluding carboxylic acids is 3. The smallest absolute Gasteiger partial charge is 0.306 e. The van der Waals surface area contributed by atoms with Gasteiger partial charge in [-0.05, 0) is 103 Å². The number of carbonyl (C=O) groups is 3. The van der Waals surface area contributed by atoms with Crippen LogP contribution in [0.3, 0.4) is 0 Å². The van der Waals surface area contributed by atoms with Crippen LogP contribution in [0.1, 0.15) is 245 Å². The lowest BCUT2D eigenvalue weighted by Gasteiger charge is -2.18. The second kappa shape index (κ2) is 53.9. The molecule has 0 aliphatic heterocycles. The molecule has 0 saturated carbocycles. The lowest BCUT2D eigenvalue weighted by Crippen LogP contribution is -2.30. The minimum Gasteiger partial charge on any atom is -0.462 e. The minimum atomic E-state index is -0.803. The van der Waals surface area contributed by atoms with Gasteiger partial charge in [0.05, 0.1) is 0 Å². The summed E-state index contributed by atoms with van der Waals surface area (Å²) in [4.78, 5) is 38.0. The second-order valence-corrected chi connectivity index (χ2v) is 17.8. The van der Waals surface area contributed by atoms with Gasteiger partial charge in [-0.25, -0.2) is 0 Å². The average molecular weight is 917 g/mol. The van der Waals surface area contributed by atoms with E-state index in [-0.39, 0.29) is 31.1 Å². The molecule has 0 spiro atoms. The molecule has 0 heterocycles. The highest BCUT2D eigenvalue weighted by molar-refractivity contribution is 5.71. The predicted octanol–water partition coefficient (Wildman–Crippen LogP) is 18.1. The molecular formula is C60H100O6. The van der Waals surface area contributed by atoms with E-state index in [1.165, 1.54) is 83.5 Å². The maximum absolute atomic E-state index is 12.8. The number of unbranched alkanes of at least 4 members (excludes halogenated alkanes) is 21. The number of hydrogen-bond acceptors (Lipinski definition) is 6. The first-order valence-corrected chi connectivity index (χ1v) is 27.2. The second-order valence-electron chi connectivity index (χ2n) is 17.8. The number of allylic oxidation sites excluding steroid dienone is 16. The molecule has 1 atom stereocenters. The number of hydrogen-bond donors (Lipinski definition) is 0. The molecule has 0 aliphatic carbocycles. The molecule has 0 unspecified atom stereocenters. The molecule has 0 aliphatic rings. The Morgan fingerprint density at radius 2 is 0.591 bits per heavy atom. The molecule has 66 heavy (non-hydrogen) atoms. The van der Waals surface area contributed by atoms with E-state index in [2.05, 4.69) is 118 Å². The van der Waals surface area contributed by atoms with Crippen LogP contribution in [0.2, 0.25) is 0 Å². The molecule has 0 rings (SSSR count). The van der Waals surface area contributed by atoms with Crippen LogP contribution in [0.4, 0.5) is 0 Å². The highest BCUT2D eigenvalue weighted by Gasteiger charge is 2.19. The highest BCUT2D eigenvalue weighted by atomic mass is 16.6. The normalized spacial score (nSPS) is 12.8. The summed E-state index contributed by atoms with van der Waals surface area (Å²) in [7, 11) is 0. The fourth-order valence-corrected chi connectivity index (χ4v) is 7.24. The highest BCUT2D eigenvalue weighted by Crippen LogP contribution is 2.14. The van der Waals surface area contributed by atoms with E-state index in [1.54, 1.807) is 0 Å². The fraction of sp³-hybridized carbons (Fsp3) is 0.683. The van der Waals surface area contributed by atoms with Crippen molar-refractivity contribution in [2.24, 2.45) is 0 Å². The molecule has 0 radical (unpaired) electrons. The molecule has 0 aromatic rings. The van der Waals surface area contributed by atoms with Crippen LogP contribution in [0.5, 0.6) is 0 Å². The van der Waals surface area contributed by atoms with Crippen LogP contribution < -0.4 is 0 Å². The van der Waals surface area contributed by atoms with Crippen molar-refractivity contribution in [3.63, 3.8) is 0 Å². The molecule has 0 aromatic carbocycles. The summed E-state index contributed by atoms with van der Waals surface area (Å²) in [5.41, 5.74) is 0. The lowest BCUT2D eigenvalue weighted by atomic mass is 10.0.